The molecular formula is C40H37F4N5OS2. The first-order chi connectivity index (χ1) is 25.3. The molecule has 2 spiro atoms. The molecule has 9 rings (SSSR count). The van der Waals surface area contributed by atoms with Crippen molar-refractivity contribution in [2.24, 2.45) is 16.1 Å². The van der Waals surface area contributed by atoms with Crippen LogP contribution in [0.3, 0.4) is 0 Å². The van der Waals surface area contributed by atoms with Crippen molar-refractivity contribution in [2.45, 2.75) is 61.1 Å². The number of hydrazone groups is 2. The Labute approximate surface area is 308 Å². The van der Waals surface area contributed by atoms with E-state index < -0.39 is 28.1 Å². The number of aryl methyl sites for hydroxylation is 2. The van der Waals surface area contributed by atoms with E-state index in [2.05, 4.69) is 39.1 Å². The molecule has 1 saturated heterocycles. The van der Waals surface area contributed by atoms with Crippen LogP contribution in [-0.2, 0) is 27.4 Å². The molecule has 52 heavy (non-hydrogen) atoms. The topological polar surface area (TPSA) is 69.1 Å². The summed E-state index contributed by atoms with van der Waals surface area (Å²) in [5.74, 6) is -2.08. The van der Waals surface area contributed by atoms with Gasteiger partial charge in [-0.15, -0.1) is 0 Å². The minimum atomic E-state index is -0.703. The number of piperidine rings is 1. The molecule has 0 saturated carbocycles. The van der Waals surface area contributed by atoms with Gasteiger partial charge in [0, 0.05) is 17.0 Å². The summed E-state index contributed by atoms with van der Waals surface area (Å²) in [5.41, 5.74) is 8.26. The number of rotatable bonds is 3. The number of fused-ring (bicyclic) bond motifs is 4. The maximum absolute atomic E-state index is 14.6. The zero-order valence-corrected chi connectivity index (χ0v) is 29.9. The van der Waals surface area contributed by atoms with Crippen molar-refractivity contribution in [3.8, 4) is 0 Å². The molecule has 0 aromatic heterocycles. The van der Waals surface area contributed by atoms with Gasteiger partial charge in [0.05, 0.1) is 0 Å². The van der Waals surface area contributed by atoms with Gasteiger partial charge in [0.2, 0.25) is 5.91 Å². The van der Waals surface area contributed by atoms with Crippen molar-refractivity contribution >= 4 is 39.5 Å². The van der Waals surface area contributed by atoms with Gasteiger partial charge in [0.1, 0.15) is 43.1 Å². The van der Waals surface area contributed by atoms with E-state index in [0.717, 1.165) is 94.3 Å². The first-order valence-corrected chi connectivity index (χ1v) is 19.3. The Bertz CT molecular complexity index is 2090. The Balaban J connectivity index is 0.000000156. The summed E-state index contributed by atoms with van der Waals surface area (Å²) >= 11 is 2.87. The van der Waals surface area contributed by atoms with Gasteiger partial charge in [-0.3, -0.25) is 10.2 Å². The molecule has 1 fully saturated rings. The normalized spacial score (nSPS) is 23.7. The monoisotopic (exact) mass is 743 g/mol. The predicted molar refractivity (Wildman–Crippen MR) is 199 cm³/mol. The number of hydrogen-bond donors (Lipinski definition) is 2. The third-order valence-electron chi connectivity index (χ3n) is 10.4. The van der Waals surface area contributed by atoms with Crippen LogP contribution in [0.25, 0.3) is 0 Å². The summed E-state index contributed by atoms with van der Waals surface area (Å²) in [4.78, 5) is 12.6. The Morgan fingerprint density at radius 3 is 2.02 bits per heavy atom. The molecular weight excluding hydrogens is 707 g/mol. The quantitative estimate of drug-likeness (QED) is 0.206. The van der Waals surface area contributed by atoms with Gasteiger partial charge in [0.25, 0.3) is 0 Å². The molecule has 2 atom stereocenters. The van der Waals surface area contributed by atoms with Crippen molar-refractivity contribution < 1.29 is 22.4 Å². The van der Waals surface area contributed by atoms with Crippen LogP contribution >= 0.6 is 23.5 Å². The Morgan fingerprint density at radius 1 is 0.731 bits per heavy atom. The van der Waals surface area contributed by atoms with Gasteiger partial charge in [-0.25, -0.2) is 22.6 Å². The van der Waals surface area contributed by atoms with Crippen molar-refractivity contribution in [2.75, 3.05) is 13.1 Å². The van der Waals surface area contributed by atoms with Crippen molar-refractivity contribution in [3.05, 3.63) is 142 Å². The fourth-order valence-electron chi connectivity index (χ4n) is 7.88. The first kappa shape index (κ1) is 34.9. The number of nitrogens with one attached hydrogen (secondary N) is 2. The van der Waals surface area contributed by atoms with Gasteiger partial charge < -0.3 is 5.32 Å². The molecule has 3 heterocycles. The number of halogens is 4. The highest BCUT2D eigenvalue weighted by Gasteiger charge is 2.52. The second-order valence-electron chi connectivity index (χ2n) is 13.7. The molecule has 1 amide bonds. The molecule has 0 radical (unpaired) electrons. The summed E-state index contributed by atoms with van der Waals surface area (Å²) in [6.07, 6.45) is 7.11. The van der Waals surface area contributed by atoms with Crippen LogP contribution in [0.4, 0.5) is 17.6 Å². The third kappa shape index (κ3) is 6.43. The molecule has 3 aliphatic heterocycles. The van der Waals surface area contributed by atoms with Crippen LogP contribution in [0.5, 0.6) is 0 Å². The van der Waals surface area contributed by atoms with Crippen LogP contribution in [0.1, 0.15) is 71.9 Å². The van der Waals surface area contributed by atoms with Crippen LogP contribution in [0.2, 0.25) is 0 Å². The number of carbonyl (C=O) groups is 1. The molecule has 2 aliphatic carbocycles. The van der Waals surface area contributed by atoms with Crippen LogP contribution in [0.15, 0.2) is 95.1 Å². The maximum Gasteiger partial charge on any atom is 0.247 e. The summed E-state index contributed by atoms with van der Waals surface area (Å²) in [6, 6.07) is 23.2. The van der Waals surface area contributed by atoms with Gasteiger partial charge >= 0.3 is 0 Å². The van der Waals surface area contributed by atoms with Crippen molar-refractivity contribution in [1.82, 2.24) is 15.8 Å². The predicted octanol–water partition coefficient (Wildman–Crippen LogP) is 8.54. The fourth-order valence-corrected chi connectivity index (χ4v) is 10.7. The standard InChI is InChI=1S/C23H23F2N3OS.C17H14F2N2S/c24-17-7-8-20(25)18(14-17)21-27-28(22(29)16-9-12-26-13-10-16)23(30-21)11-3-5-15-4-1-2-6-19(15)23;18-12-7-8-15(19)13(10-12)16-20-21-17(22-16)9-3-5-11-4-1-2-6-14(11)17/h1-2,4,6-8,14,16,26H,3,5,9-13H2;1-2,4,6-8,10,21H,3,5,9H2. The Kier molecular flexibility index (Phi) is 9.65. The molecule has 4 aromatic carbocycles. The van der Waals surface area contributed by atoms with E-state index in [0.29, 0.717) is 10.1 Å². The van der Waals surface area contributed by atoms with Crippen LogP contribution in [-0.4, -0.2) is 34.1 Å². The Hall–Kier alpha value is -4.13. The van der Waals surface area contributed by atoms with E-state index >= 15 is 0 Å². The van der Waals surface area contributed by atoms with E-state index in [9.17, 15) is 22.4 Å². The fraction of sp³-hybridized carbons (Fsp3) is 0.325. The van der Waals surface area contributed by atoms with E-state index in [1.165, 1.54) is 52.3 Å². The highest BCUT2D eigenvalue weighted by atomic mass is 32.2. The molecule has 12 heteroatoms. The number of carbonyl (C=O) groups excluding carboxylic acids is 1. The molecule has 5 aliphatic rings. The highest BCUT2D eigenvalue weighted by Crippen LogP contribution is 2.54. The minimum absolute atomic E-state index is 0.0208. The maximum atomic E-state index is 14.6. The zero-order chi connectivity index (χ0) is 35.9. The van der Waals surface area contributed by atoms with Gasteiger partial charge in [0.15, 0.2) is 0 Å². The smallest absolute Gasteiger partial charge is 0.247 e. The number of nitrogens with zero attached hydrogens (tertiary/aromatic N) is 3. The van der Waals surface area contributed by atoms with E-state index in [1.807, 2.05) is 30.3 Å². The van der Waals surface area contributed by atoms with Gasteiger partial charge in [-0.2, -0.15) is 10.2 Å². The largest absolute Gasteiger partial charge is 0.317 e. The summed E-state index contributed by atoms with van der Waals surface area (Å²) in [6.45, 7) is 1.60. The van der Waals surface area contributed by atoms with Crippen molar-refractivity contribution in [3.63, 3.8) is 0 Å². The molecule has 6 nitrogen and oxygen atoms in total. The molecule has 0 bridgehead atoms. The summed E-state index contributed by atoms with van der Waals surface area (Å²) in [5, 5.41) is 14.7. The highest BCUT2D eigenvalue weighted by molar-refractivity contribution is 8.15. The second-order valence-corrected chi connectivity index (χ2v) is 16.2. The first-order valence-electron chi connectivity index (χ1n) is 17.7. The average molecular weight is 744 g/mol. The number of thioether (sulfide) groups is 2. The van der Waals surface area contributed by atoms with Crippen LogP contribution in [0, 0.1) is 29.2 Å². The summed E-state index contributed by atoms with van der Waals surface area (Å²) in [7, 11) is 0. The zero-order valence-electron chi connectivity index (χ0n) is 28.3. The molecule has 2 N–H and O–H groups in total. The third-order valence-corrected chi connectivity index (χ3v) is 13.2. The molecule has 268 valence electrons. The minimum Gasteiger partial charge on any atom is -0.317 e. The van der Waals surface area contributed by atoms with Gasteiger partial charge in [-0.1, -0.05) is 72.1 Å². The number of amides is 1. The number of benzene rings is 4. The number of hydrogen-bond acceptors (Lipinski definition) is 7. The van der Waals surface area contributed by atoms with Gasteiger partial charge in [-0.05, 0) is 123 Å². The second kappa shape index (κ2) is 14.4. The van der Waals surface area contributed by atoms with Crippen molar-refractivity contribution in [1.29, 1.82) is 0 Å². The molecule has 2 unspecified atom stereocenters. The molecule has 4 aromatic rings. The lowest BCUT2D eigenvalue weighted by Gasteiger charge is -2.41. The van der Waals surface area contributed by atoms with E-state index in [1.54, 1.807) is 5.01 Å². The average Bonchev–Trinajstić information content (AvgIpc) is 3.77. The van der Waals surface area contributed by atoms with E-state index in [4.69, 9.17) is 0 Å². The Morgan fingerprint density at radius 2 is 1.33 bits per heavy atom. The van der Waals surface area contributed by atoms with Crippen LogP contribution < -0.4 is 10.7 Å². The lowest BCUT2D eigenvalue weighted by atomic mass is 9.85. The lowest BCUT2D eigenvalue weighted by Crippen LogP contribution is -2.47. The summed E-state index contributed by atoms with van der Waals surface area (Å²) < 4.78 is 55.9. The van der Waals surface area contributed by atoms with E-state index in [-0.39, 0.29) is 27.8 Å². The lowest BCUT2D eigenvalue weighted by molar-refractivity contribution is -0.140. The SMILES string of the molecule is Fc1ccc(F)c(C2=NNC3(CCCc4ccccc43)S2)c1.O=C(C1CCNCC1)N1N=C(c2cc(F)ccc2F)SC12CCCc1ccccc12.